The number of amides is 1. The Labute approximate surface area is 167 Å². The minimum Gasteiger partial charge on any atom is -0.340 e. The van der Waals surface area contributed by atoms with Gasteiger partial charge in [-0.2, -0.15) is 0 Å². The van der Waals surface area contributed by atoms with Crippen LogP contribution in [0.1, 0.15) is 23.4 Å². The van der Waals surface area contributed by atoms with Gasteiger partial charge in [0, 0.05) is 31.0 Å². The number of nitrogens with one attached hydrogen (secondary N) is 1. The Bertz CT molecular complexity index is 1020. The molecule has 0 saturated heterocycles. The molecule has 4 rings (SSSR count). The number of imidazole rings is 1. The molecule has 7 heteroatoms. The molecule has 3 N–H and O–H groups in total. The SMILES string of the molecule is N[C@@H](CC(=O)N1CCc2nc(-c3ccccc3)[nH]c2C1)Cc1cc(F)ccc1F. The zero-order valence-corrected chi connectivity index (χ0v) is 15.9. The van der Waals surface area contributed by atoms with Crippen LogP contribution in [0, 0.1) is 11.6 Å². The lowest BCUT2D eigenvalue weighted by molar-refractivity contribution is -0.132. The van der Waals surface area contributed by atoms with E-state index in [0.29, 0.717) is 19.5 Å². The highest BCUT2D eigenvalue weighted by Gasteiger charge is 2.25. The summed E-state index contributed by atoms with van der Waals surface area (Å²) in [6.07, 6.45) is 0.847. The Balaban J connectivity index is 1.39. The van der Waals surface area contributed by atoms with Crippen molar-refractivity contribution in [1.82, 2.24) is 14.9 Å². The molecule has 2 heterocycles. The molecule has 150 valence electrons. The standard InChI is InChI=1S/C22H22F2N4O/c23-16-6-7-18(24)15(10-16)11-17(25)12-21(29)28-9-8-19-20(13-28)27-22(26-19)14-4-2-1-3-5-14/h1-7,10,17H,8-9,11-13,25H2,(H,26,27)/t17-/m1/s1. The largest absolute Gasteiger partial charge is 0.340 e. The van der Waals surface area contributed by atoms with Gasteiger partial charge in [-0.25, -0.2) is 13.8 Å². The Morgan fingerprint density at radius 1 is 1.21 bits per heavy atom. The number of aromatic amines is 1. The van der Waals surface area contributed by atoms with Crippen LogP contribution in [0.15, 0.2) is 48.5 Å². The van der Waals surface area contributed by atoms with E-state index in [1.807, 2.05) is 30.3 Å². The number of aromatic nitrogens is 2. The van der Waals surface area contributed by atoms with Gasteiger partial charge in [0.05, 0.1) is 17.9 Å². The number of benzene rings is 2. The van der Waals surface area contributed by atoms with Crippen molar-refractivity contribution in [3.05, 3.63) is 77.1 Å². The quantitative estimate of drug-likeness (QED) is 0.696. The third-order valence-corrected chi connectivity index (χ3v) is 5.16. The van der Waals surface area contributed by atoms with Gasteiger partial charge in [0.15, 0.2) is 0 Å². The number of hydrogen-bond acceptors (Lipinski definition) is 3. The summed E-state index contributed by atoms with van der Waals surface area (Å²) in [5, 5.41) is 0. The fraction of sp³-hybridized carbons (Fsp3) is 0.273. The molecule has 3 aromatic rings. The molecule has 1 aliphatic rings. The molecule has 1 aliphatic heterocycles. The second-order valence-corrected chi connectivity index (χ2v) is 7.35. The zero-order valence-electron chi connectivity index (χ0n) is 15.9. The first-order valence-electron chi connectivity index (χ1n) is 9.60. The fourth-order valence-corrected chi connectivity index (χ4v) is 3.65. The van der Waals surface area contributed by atoms with E-state index >= 15 is 0 Å². The lowest BCUT2D eigenvalue weighted by atomic mass is 10.0. The van der Waals surface area contributed by atoms with Gasteiger partial charge < -0.3 is 15.6 Å². The molecule has 0 aliphatic carbocycles. The van der Waals surface area contributed by atoms with Gasteiger partial charge in [0.1, 0.15) is 17.5 Å². The Morgan fingerprint density at radius 3 is 2.79 bits per heavy atom. The first kappa shape index (κ1) is 19.3. The van der Waals surface area contributed by atoms with Gasteiger partial charge in [0.25, 0.3) is 0 Å². The first-order valence-corrected chi connectivity index (χ1v) is 9.60. The Hall–Kier alpha value is -3.06. The maximum Gasteiger partial charge on any atom is 0.224 e. The Kier molecular flexibility index (Phi) is 5.40. The van der Waals surface area contributed by atoms with Crippen LogP contribution in [0.4, 0.5) is 8.78 Å². The third kappa shape index (κ3) is 4.35. The van der Waals surface area contributed by atoms with Crippen LogP contribution in [0.3, 0.4) is 0 Å². The summed E-state index contributed by atoms with van der Waals surface area (Å²) in [7, 11) is 0. The van der Waals surface area contributed by atoms with E-state index in [0.717, 1.165) is 41.0 Å². The lowest BCUT2D eigenvalue weighted by Gasteiger charge is -2.27. The topological polar surface area (TPSA) is 75.0 Å². The van der Waals surface area contributed by atoms with E-state index in [4.69, 9.17) is 5.73 Å². The highest BCUT2D eigenvalue weighted by atomic mass is 19.1. The van der Waals surface area contributed by atoms with Crippen molar-refractivity contribution in [2.45, 2.75) is 31.8 Å². The van der Waals surface area contributed by atoms with E-state index in [2.05, 4.69) is 9.97 Å². The first-order chi connectivity index (χ1) is 14.0. The molecule has 5 nitrogen and oxygen atoms in total. The summed E-state index contributed by atoms with van der Waals surface area (Å²) >= 11 is 0. The highest BCUT2D eigenvalue weighted by molar-refractivity contribution is 5.77. The molecule has 29 heavy (non-hydrogen) atoms. The summed E-state index contributed by atoms with van der Waals surface area (Å²) in [6.45, 7) is 1.00. The van der Waals surface area contributed by atoms with Crippen LogP contribution in [0.5, 0.6) is 0 Å². The molecule has 0 bridgehead atoms. The zero-order chi connectivity index (χ0) is 20.4. The minimum atomic E-state index is -0.582. The predicted octanol–water partition coefficient (Wildman–Crippen LogP) is 3.20. The second-order valence-electron chi connectivity index (χ2n) is 7.35. The number of carbonyl (C=O) groups excluding carboxylic acids is 1. The number of fused-ring (bicyclic) bond motifs is 1. The molecule has 0 spiro atoms. The molecule has 2 aromatic carbocycles. The molecular formula is C22H22F2N4O. The predicted molar refractivity (Wildman–Crippen MR) is 106 cm³/mol. The molecule has 1 atom stereocenters. The maximum atomic E-state index is 13.8. The number of halogens is 2. The third-order valence-electron chi connectivity index (χ3n) is 5.16. The van der Waals surface area contributed by atoms with Crippen LogP contribution in [0.25, 0.3) is 11.4 Å². The molecule has 1 aromatic heterocycles. The summed E-state index contributed by atoms with van der Waals surface area (Å²) in [6, 6.07) is 12.5. The van der Waals surface area contributed by atoms with E-state index in [1.54, 1.807) is 4.90 Å². The Morgan fingerprint density at radius 2 is 2.00 bits per heavy atom. The van der Waals surface area contributed by atoms with Gasteiger partial charge in [-0.3, -0.25) is 4.79 Å². The van der Waals surface area contributed by atoms with Crippen molar-refractivity contribution >= 4 is 5.91 Å². The molecule has 0 fully saturated rings. The van der Waals surface area contributed by atoms with Crippen molar-refractivity contribution in [2.24, 2.45) is 5.73 Å². The number of H-pyrrole nitrogens is 1. The normalized spacial score (nSPS) is 14.5. The van der Waals surface area contributed by atoms with Crippen molar-refractivity contribution in [2.75, 3.05) is 6.54 Å². The van der Waals surface area contributed by atoms with Crippen LogP contribution >= 0.6 is 0 Å². The van der Waals surface area contributed by atoms with Crippen molar-refractivity contribution < 1.29 is 13.6 Å². The highest BCUT2D eigenvalue weighted by Crippen LogP contribution is 2.23. The smallest absolute Gasteiger partial charge is 0.224 e. The minimum absolute atomic E-state index is 0.0744. The van der Waals surface area contributed by atoms with Crippen LogP contribution < -0.4 is 5.73 Å². The number of nitrogens with two attached hydrogens (primary N) is 1. The number of rotatable bonds is 5. The van der Waals surface area contributed by atoms with Crippen LogP contribution in [0.2, 0.25) is 0 Å². The van der Waals surface area contributed by atoms with E-state index < -0.39 is 17.7 Å². The summed E-state index contributed by atoms with van der Waals surface area (Å²) < 4.78 is 27.1. The van der Waals surface area contributed by atoms with Crippen molar-refractivity contribution in [1.29, 1.82) is 0 Å². The average molecular weight is 396 g/mol. The van der Waals surface area contributed by atoms with Crippen molar-refractivity contribution in [3.63, 3.8) is 0 Å². The molecule has 1 amide bonds. The molecule has 0 radical (unpaired) electrons. The number of nitrogens with zero attached hydrogens (tertiary/aromatic N) is 2. The van der Waals surface area contributed by atoms with E-state index in [-0.39, 0.29) is 24.3 Å². The van der Waals surface area contributed by atoms with Crippen LogP contribution in [-0.4, -0.2) is 33.4 Å². The summed E-state index contributed by atoms with van der Waals surface area (Å²) in [5.74, 6) is -0.334. The van der Waals surface area contributed by atoms with E-state index in [9.17, 15) is 13.6 Å². The molecule has 0 saturated carbocycles. The van der Waals surface area contributed by atoms with Crippen molar-refractivity contribution in [3.8, 4) is 11.4 Å². The monoisotopic (exact) mass is 396 g/mol. The van der Waals surface area contributed by atoms with Gasteiger partial charge in [0.2, 0.25) is 5.91 Å². The maximum absolute atomic E-state index is 13.8. The number of hydrogen-bond donors (Lipinski definition) is 2. The summed E-state index contributed by atoms with van der Waals surface area (Å²) in [5.41, 5.74) is 9.13. The summed E-state index contributed by atoms with van der Waals surface area (Å²) in [4.78, 5) is 22.4. The van der Waals surface area contributed by atoms with Gasteiger partial charge in [-0.05, 0) is 30.2 Å². The van der Waals surface area contributed by atoms with Gasteiger partial charge >= 0.3 is 0 Å². The van der Waals surface area contributed by atoms with Gasteiger partial charge in [-0.1, -0.05) is 30.3 Å². The lowest BCUT2D eigenvalue weighted by Crippen LogP contribution is -2.39. The fourth-order valence-electron chi connectivity index (χ4n) is 3.65. The van der Waals surface area contributed by atoms with Crippen LogP contribution in [-0.2, 0) is 24.2 Å². The second kappa shape index (κ2) is 8.13. The van der Waals surface area contributed by atoms with E-state index in [1.165, 1.54) is 0 Å². The van der Waals surface area contributed by atoms with Gasteiger partial charge in [-0.15, -0.1) is 0 Å². The molecule has 0 unspecified atom stereocenters. The molecular weight excluding hydrogens is 374 g/mol. The average Bonchev–Trinajstić information content (AvgIpc) is 3.14. The number of carbonyl (C=O) groups is 1.